The minimum Gasteiger partial charge on any atom is -0.437 e. The first kappa shape index (κ1) is 31.3. The lowest BCUT2D eigenvalue weighted by Crippen LogP contribution is -2.70. The van der Waals surface area contributed by atoms with Crippen molar-refractivity contribution in [1.82, 2.24) is 20.4 Å². The quantitative estimate of drug-likeness (QED) is 0.338. The topological polar surface area (TPSA) is 124 Å². The van der Waals surface area contributed by atoms with Crippen LogP contribution in [0.1, 0.15) is 121 Å². The number of rotatable bonds is 7. The van der Waals surface area contributed by atoms with Crippen LogP contribution >= 0.6 is 0 Å². The normalized spacial score (nSPS) is 34.8. The highest BCUT2D eigenvalue weighted by Gasteiger charge is 2.67. The van der Waals surface area contributed by atoms with Crippen molar-refractivity contribution in [2.45, 2.75) is 165 Å². The summed E-state index contributed by atoms with van der Waals surface area (Å²) in [4.78, 5) is 28.9. The molecule has 230 valence electrons. The molecule has 2 atom stereocenters. The zero-order valence-electron chi connectivity index (χ0n) is 26.5. The maximum Gasteiger partial charge on any atom is 0.412 e. The van der Waals surface area contributed by atoms with E-state index in [1.54, 1.807) is 13.8 Å². The molecule has 2 spiro atoms. The van der Waals surface area contributed by atoms with Gasteiger partial charge in [0.25, 0.3) is 0 Å². The molecule has 0 aromatic heterocycles. The summed E-state index contributed by atoms with van der Waals surface area (Å²) < 4.78 is 11.9. The predicted octanol–water partition coefficient (Wildman–Crippen LogP) is 4.23. The second-order valence-electron chi connectivity index (χ2n) is 16.0. The van der Waals surface area contributed by atoms with E-state index in [0.29, 0.717) is 51.6 Å². The SMILES string of the molecule is CC1(C)CC2(CC(C)(C)N1)OC(=O)N(CCCCCCN1C(=O)OC3(CC(C)(C)NC(C)(C)C3)C1(C)O)C2(C)O. The minimum absolute atomic E-state index is 0.293. The number of carbonyl (C=O) groups is 2. The van der Waals surface area contributed by atoms with Gasteiger partial charge >= 0.3 is 12.2 Å². The van der Waals surface area contributed by atoms with Crippen molar-refractivity contribution in [3.63, 3.8) is 0 Å². The van der Waals surface area contributed by atoms with Crippen LogP contribution in [-0.2, 0) is 9.47 Å². The van der Waals surface area contributed by atoms with Gasteiger partial charge in [-0.15, -0.1) is 0 Å². The van der Waals surface area contributed by atoms with E-state index in [4.69, 9.17) is 9.47 Å². The molecule has 4 aliphatic rings. The third-order valence-electron chi connectivity index (χ3n) is 9.56. The summed E-state index contributed by atoms with van der Waals surface area (Å²) in [7, 11) is 0. The fourth-order valence-electron chi connectivity index (χ4n) is 8.80. The molecule has 0 aromatic rings. The van der Waals surface area contributed by atoms with E-state index in [1.165, 1.54) is 9.80 Å². The Morgan fingerprint density at radius 3 is 1.12 bits per heavy atom. The largest absolute Gasteiger partial charge is 0.437 e. The molecule has 40 heavy (non-hydrogen) atoms. The maximum atomic E-state index is 13.0. The van der Waals surface area contributed by atoms with Crippen molar-refractivity contribution in [3.05, 3.63) is 0 Å². The van der Waals surface area contributed by atoms with Gasteiger partial charge in [0.15, 0.2) is 22.7 Å². The van der Waals surface area contributed by atoms with Gasteiger partial charge in [-0.05, 0) is 82.1 Å². The third-order valence-corrected chi connectivity index (χ3v) is 9.56. The summed E-state index contributed by atoms with van der Waals surface area (Å²) in [6, 6.07) is 0. The Bertz CT molecular complexity index is 906. The smallest absolute Gasteiger partial charge is 0.412 e. The fraction of sp³-hybridized carbons (Fsp3) is 0.933. The van der Waals surface area contributed by atoms with Gasteiger partial charge in [-0.3, -0.25) is 9.80 Å². The maximum absolute atomic E-state index is 13.0. The van der Waals surface area contributed by atoms with Gasteiger partial charge in [-0.25, -0.2) is 9.59 Å². The lowest BCUT2D eigenvalue weighted by Gasteiger charge is -2.54. The Kier molecular flexibility index (Phi) is 7.39. The van der Waals surface area contributed by atoms with Crippen molar-refractivity contribution < 1.29 is 29.3 Å². The zero-order chi connectivity index (χ0) is 30.2. The second kappa shape index (κ2) is 9.44. The number of nitrogens with zero attached hydrogens (tertiary/aromatic N) is 2. The molecule has 4 fully saturated rings. The summed E-state index contributed by atoms with van der Waals surface area (Å²) in [6.45, 7) is 20.8. The highest BCUT2D eigenvalue weighted by atomic mass is 16.6. The summed E-state index contributed by atoms with van der Waals surface area (Å²) >= 11 is 0. The van der Waals surface area contributed by atoms with Crippen molar-refractivity contribution in [2.24, 2.45) is 0 Å². The number of unbranched alkanes of at least 4 members (excludes halogenated alkanes) is 3. The third kappa shape index (κ3) is 5.45. The molecule has 4 saturated heterocycles. The standard InChI is InChI=1S/C30H54N4O6/c1-23(2)17-29(18-24(3,4)31-23)27(9,37)33(21(35)39-29)15-13-11-12-14-16-34-22(36)40-30(28(34,10)38)19-25(5,6)32-26(7,8)20-30/h31-32,37-38H,11-20H2,1-10H3. The van der Waals surface area contributed by atoms with Gasteiger partial charge in [0.2, 0.25) is 0 Å². The van der Waals surface area contributed by atoms with Crippen molar-refractivity contribution in [1.29, 1.82) is 0 Å². The van der Waals surface area contributed by atoms with Crippen LogP contribution in [0.4, 0.5) is 9.59 Å². The van der Waals surface area contributed by atoms with Crippen LogP contribution in [-0.4, -0.2) is 90.1 Å². The van der Waals surface area contributed by atoms with Gasteiger partial charge in [0.1, 0.15) is 0 Å². The number of hydrogen-bond acceptors (Lipinski definition) is 8. The molecule has 4 aliphatic heterocycles. The Labute approximate surface area is 240 Å². The van der Waals surface area contributed by atoms with E-state index >= 15 is 0 Å². The molecule has 4 N–H and O–H groups in total. The summed E-state index contributed by atoms with van der Waals surface area (Å²) in [5, 5.41) is 30.5. The molecule has 10 nitrogen and oxygen atoms in total. The summed E-state index contributed by atoms with van der Waals surface area (Å²) in [5.41, 5.74) is -5.95. The molecule has 4 rings (SSSR count). The Morgan fingerprint density at radius 1 is 0.575 bits per heavy atom. The zero-order valence-corrected chi connectivity index (χ0v) is 26.5. The monoisotopic (exact) mass is 566 g/mol. The molecule has 0 aliphatic carbocycles. The number of amides is 2. The van der Waals surface area contributed by atoms with Crippen LogP contribution in [0, 0.1) is 0 Å². The van der Waals surface area contributed by atoms with Gasteiger partial charge < -0.3 is 30.3 Å². The number of hydrogen-bond donors (Lipinski definition) is 4. The molecule has 2 unspecified atom stereocenters. The fourth-order valence-corrected chi connectivity index (χ4v) is 8.80. The van der Waals surface area contributed by atoms with Crippen molar-refractivity contribution >= 4 is 12.2 Å². The lowest BCUT2D eigenvalue weighted by atomic mass is 9.68. The van der Waals surface area contributed by atoms with E-state index in [9.17, 15) is 19.8 Å². The average molecular weight is 567 g/mol. The second-order valence-corrected chi connectivity index (χ2v) is 16.0. The van der Waals surface area contributed by atoms with Crippen molar-refractivity contribution in [2.75, 3.05) is 13.1 Å². The summed E-state index contributed by atoms with van der Waals surface area (Å²) in [6.07, 6.45) is 4.19. The first-order valence-corrected chi connectivity index (χ1v) is 15.0. The Hall–Kier alpha value is -1.62. The van der Waals surface area contributed by atoms with Crippen LogP contribution < -0.4 is 10.6 Å². The molecule has 4 heterocycles. The van der Waals surface area contributed by atoms with Gasteiger partial charge in [-0.1, -0.05) is 12.8 Å². The Morgan fingerprint density at radius 2 is 0.850 bits per heavy atom. The van der Waals surface area contributed by atoms with E-state index in [-0.39, 0.29) is 22.2 Å². The van der Waals surface area contributed by atoms with Gasteiger partial charge in [-0.2, -0.15) is 0 Å². The number of piperidine rings is 2. The van der Waals surface area contributed by atoms with Crippen LogP contribution in [0.3, 0.4) is 0 Å². The first-order valence-electron chi connectivity index (χ1n) is 15.0. The van der Waals surface area contributed by atoms with Gasteiger partial charge in [0.05, 0.1) is 0 Å². The van der Waals surface area contributed by atoms with Crippen LogP contribution in [0.2, 0.25) is 0 Å². The molecule has 0 radical (unpaired) electrons. The lowest BCUT2D eigenvalue weighted by molar-refractivity contribution is -0.181. The number of aliphatic hydroxyl groups is 2. The molecule has 0 saturated carbocycles. The molecule has 2 amide bonds. The Balaban J connectivity index is 1.31. The van der Waals surface area contributed by atoms with E-state index in [2.05, 4.69) is 66.0 Å². The molecule has 0 aromatic carbocycles. The molecular weight excluding hydrogens is 512 g/mol. The van der Waals surface area contributed by atoms with Crippen LogP contribution in [0.15, 0.2) is 0 Å². The van der Waals surface area contributed by atoms with Gasteiger partial charge in [0, 0.05) is 60.9 Å². The van der Waals surface area contributed by atoms with E-state index in [1.807, 2.05) is 0 Å². The molecular formula is C30H54N4O6. The highest BCUT2D eigenvalue weighted by Crippen LogP contribution is 2.51. The average Bonchev–Trinajstić information content (AvgIpc) is 2.96. The summed E-state index contributed by atoms with van der Waals surface area (Å²) in [5.74, 6) is 0. The van der Waals surface area contributed by atoms with E-state index < -0.39 is 34.8 Å². The minimum atomic E-state index is -1.41. The predicted molar refractivity (Wildman–Crippen MR) is 153 cm³/mol. The molecule has 0 bridgehead atoms. The molecule has 10 heteroatoms. The van der Waals surface area contributed by atoms with Crippen LogP contribution in [0.5, 0.6) is 0 Å². The van der Waals surface area contributed by atoms with Crippen molar-refractivity contribution in [3.8, 4) is 0 Å². The number of carbonyl (C=O) groups excluding carboxylic acids is 2. The highest BCUT2D eigenvalue weighted by molar-refractivity contribution is 5.73. The number of ether oxygens (including phenoxy) is 2. The number of nitrogens with one attached hydrogen (secondary N) is 2. The van der Waals surface area contributed by atoms with E-state index in [0.717, 1.165) is 12.8 Å². The first-order chi connectivity index (χ1) is 18.0. The van der Waals surface area contributed by atoms with Crippen LogP contribution in [0.25, 0.3) is 0 Å².